The van der Waals surface area contributed by atoms with Crippen LogP contribution in [0.3, 0.4) is 0 Å². The minimum Gasteiger partial charge on any atom is -0.486 e. The highest BCUT2D eigenvalue weighted by Gasteiger charge is 2.30. The number of rotatable bonds is 4. The second-order valence-electron chi connectivity index (χ2n) is 7.72. The van der Waals surface area contributed by atoms with E-state index in [-0.39, 0.29) is 11.9 Å². The molecule has 146 valence electrons. The van der Waals surface area contributed by atoms with Gasteiger partial charge in [-0.05, 0) is 73.1 Å². The Hall–Kier alpha value is -2.14. The Morgan fingerprint density at radius 3 is 2.79 bits per heavy atom. The number of thioether (sulfide) groups is 1. The van der Waals surface area contributed by atoms with Gasteiger partial charge in [-0.15, -0.1) is 11.8 Å². The van der Waals surface area contributed by atoms with Gasteiger partial charge in [0.25, 0.3) is 0 Å². The van der Waals surface area contributed by atoms with Gasteiger partial charge in [-0.1, -0.05) is 12.1 Å². The zero-order valence-corrected chi connectivity index (χ0v) is 16.8. The van der Waals surface area contributed by atoms with Gasteiger partial charge in [0.1, 0.15) is 13.2 Å². The predicted molar refractivity (Wildman–Crippen MR) is 110 cm³/mol. The largest absolute Gasteiger partial charge is 0.486 e. The number of aryl methyl sites for hydroxylation is 2. The first-order valence-electron chi connectivity index (χ1n) is 10.2. The summed E-state index contributed by atoms with van der Waals surface area (Å²) in [6.45, 7) is 2.02. The first-order valence-corrected chi connectivity index (χ1v) is 11.2. The monoisotopic (exact) mass is 395 g/mol. The van der Waals surface area contributed by atoms with Crippen LogP contribution in [0, 0.1) is 0 Å². The number of carbonyl (C=O) groups is 1. The lowest BCUT2D eigenvalue weighted by Gasteiger charge is -2.26. The summed E-state index contributed by atoms with van der Waals surface area (Å²) >= 11 is 1.67. The molecule has 1 aliphatic carbocycles. The van der Waals surface area contributed by atoms with E-state index in [2.05, 4.69) is 30.3 Å². The Labute approximate surface area is 170 Å². The molecule has 1 fully saturated rings. The summed E-state index contributed by atoms with van der Waals surface area (Å²) in [5.41, 5.74) is 4.10. The van der Waals surface area contributed by atoms with E-state index in [1.807, 2.05) is 11.0 Å². The number of fused-ring (bicyclic) bond motifs is 2. The molecule has 5 heteroatoms. The summed E-state index contributed by atoms with van der Waals surface area (Å²) in [4.78, 5) is 16.2. The third-order valence-electron chi connectivity index (χ3n) is 5.96. The van der Waals surface area contributed by atoms with Crippen LogP contribution in [0.1, 0.15) is 42.0 Å². The maximum Gasteiger partial charge on any atom is 0.233 e. The van der Waals surface area contributed by atoms with Crippen molar-refractivity contribution in [2.75, 3.05) is 25.5 Å². The zero-order valence-electron chi connectivity index (χ0n) is 16.0. The maximum absolute atomic E-state index is 13.0. The van der Waals surface area contributed by atoms with Crippen LogP contribution in [0.15, 0.2) is 41.3 Å². The SMILES string of the molecule is O=C(CSc1ccc2c(c1)CCC2)N1CCCC1c1ccc2c(c1)OCCO2. The van der Waals surface area contributed by atoms with Crippen LogP contribution in [-0.2, 0) is 17.6 Å². The third-order valence-corrected chi connectivity index (χ3v) is 6.93. The van der Waals surface area contributed by atoms with E-state index in [1.54, 1.807) is 11.8 Å². The normalized spacial score (nSPS) is 20.3. The Bertz CT molecular complexity index is 897. The molecule has 2 aliphatic heterocycles. The van der Waals surface area contributed by atoms with Crippen molar-refractivity contribution in [2.45, 2.75) is 43.0 Å². The zero-order chi connectivity index (χ0) is 18.9. The molecule has 2 aromatic rings. The van der Waals surface area contributed by atoms with Gasteiger partial charge in [-0.25, -0.2) is 0 Å². The van der Waals surface area contributed by atoms with Crippen LogP contribution in [0.5, 0.6) is 11.5 Å². The number of hydrogen-bond donors (Lipinski definition) is 0. The highest BCUT2D eigenvalue weighted by Crippen LogP contribution is 2.38. The van der Waals surface area contributed by atoms with E-state index < -0.39 is 0 Å². The molecule has 0 saturated carbocycles. The van der Waals surface area contributed by atoms with Gasteiger partial charge < -0.3 is 14.4 Å². The van der Waals surface area contributed by atoms with Crippen molar-refractivity contribution >= 4 is 17.7 Å². The first kappa shape index (κ1) is 17.9. The summed E-state index contributed by atoms with van der Waals surface area (Å²) in [7, 11) is 0. The predicted octanol–water partition coefficient (Wildman–Crippen LogP) is 4.40. The molecule has 3 aliphatic rings. The maximum atomic E-state index is 13.0. The molecule has 2 aromatic carbocycles. The summed E-state index contributed by atoms with van der Waals surface area (Å²) in [6, 6.07) is 12.9. The van der Waals surface area contributed by atoms with Crippen LogP contribution in [-0.4, -0.2) is 36.3 Å². The van der Waals surface area contributed by atoms with Gasteiger partial charge in [0.2, 0.25) is 5.91 Å². The number of amides is 1. The molecular weight excluding hydrogens is 370 g/mol. The lowest BCUT2D eigenvalue weighted by molar-refractivity contribution is -0.129. The van der Waals surface area contributed by atoms with Crippen molar-refractivity contribution in [1.29, 1.82) is 0 Å². The van der Waals surface area contributed by atoms with Crippen LogP contribution in [0.4, 0.5) is 0 Å². The minimum absolute atomic E-state index is 0.143. The molecule has 5 rings (SSSR count). The summed E-state index contributed by atoms with van der Waals surface area (Å²) in [5.74, 6) is 2.33. The van der Waals surface area contributed by atoms with Gasteiger partial charge in [-0.3, -0.25) is 4.79 Å². The number of hydrogen-bond acceptors (Lipinski definition) is 4. The van der Waals surface area contributed by atoms with E-state index in [9.17, 15) is 4.79 Å². The van der Waals surface area contributed by atoms with E-state index in [0.29, 0.717) is 19.0 Å². The fourth-order valence-electron chi connectivity index (χ4n) is 4.54. The molecule has 1 atom stereocenters. The molecule has 1 amide bonds. The van der Waals surface area contributed by atoms with Crippen LogP contribution < -0.4 is 9.47 Å². The fraction of sp³-hybridized carbons (Fsp3) is 0.435. The molecule has 28 heavy (non-hydrogen) atoms. The van der Waals surface area contributed by atoms with Crippen LogP contribution in [0.25, 0.3) is 0 Å². The summed E-state index contributed by atoms with van der Waals surface area (Å²) in [6.07, 6.45) is 5.69. The highest BCUT2D eigenvalue weighted by atomic mass is 32.2. The molecule has 0 bridgehead atoms. The molecule has 1 saturated heterocycles. The highest BCUT2D eigenvalue weighted by molar-refractivity contribution is 8.00. The number of nitrogens with zero attached hydrogens (tertiary/aromatic N) is 1. The molecule has 0 spiro atoms. The topological polar surface area (TPSA) is 38.8 Å². The van der Waals surface area contributed by atoms with Crippen molar-refractivity contribution in [3.05, 3.63) is 53.1 Å². The lowest BCUT2D eigenvalue weighted by atomic mass is 10.0. The van der Waals surface area contributed by atoms with Gasteiger partial charge in [0, 0.05) is 11.4 Å². The molecule has 2 heterocycles. The average molecular weight is 396 g/mol. The summed E-state index contributed by atoms with van der Waals surface area (Å²) < 4.78 is 11.4. The smallest absolute Gasteiger partial charge is 0.233 e. The molecule has 0 radical (unpaired) electrons. The van der Waals surface area contributed by atoms with Gasteiger partial charge in [0.05, 0.1) is 11.8 Å². The molecule has 4 nitrogen and oxygen atoms in total. The standard InChI is InChI=1S/C23H25NO3S/c25-23(15-28-19-8-6-16-3-1-4-17(16)13-19)24-10-2-5-20(24)18-7-9-21-22(14-18)27-12-11-26-21/h6-9,13-14,20H,1-5,10-12,15H2. The quantitative estimate of drug-likeness (QED) is 0.719. The second kappa shape index (κ2) is 7.70. The minimum atomic E-state index is 0.143. The van der Waals surface area contributed by atoms with Crippen LogP contribution >= 0.6 is 11.8 Å². The van der Waals surface area contributed by atoms with Gasteiger partial charge in [-0.2, -0.15) is 0 Å². The fourth-order valence-corrected chi connectivity index (χ4v) is 5.39. The Morgan fingerprint density at radius 2 is 1.86 bits per heavy atom. The van der Waals surface area contributed by atoms with E-state index in [0.717, 1.165) is 36.4 Å². The lowest BCUT2D eigenvalue weighted by Crippen LogP contribution is -2.32. The Morgan fingerprint density at radius 1 is 1.00 bits per heavy atom. The van der Waals surface area contributed by atoms with Crippen molar-refractivity contribution in [2.24, 2.45) is 0 Å². The first-order chi connectivity index (χ1) is 13.8. The molecule has 0 aromatic heterocycles. The average Bonchev–Trinajstić information content (AvgIpc) is 3.40. The van der Waals surface area contributed by atoms with E-state index >= 15 is 0 Å². The summed E-state index contributed by atoms with van der Waals surface area (Å²) in [5, 5.41) is 0. The van der Waals surface area contributed by atoms with Gasteiger partial charge >= 0.3 is 0 Å². The third kappa shape index (κ3) is 3.48. The number of ether oxygens (including phenoxy) is 2. The Balaban J connectivity index is 1.26. The van der Waals surface area contributed by atoms with Crippen molar-refractivity contribution in [3.63, 3.8) is 0 Å². The van der Waals surface area contributed by atoms with E-state index in [4.69, 9.17) is 9.47 Å². The van der Waals surface area contributed by atoms with Crippen molar-refractivity contribution in [1.82, 2.24) is 4.90 Å². The van der Waals surface area contributed by atoms with Crippen LogP contribution in [0.2, 0.25) is 0 Å². The Kier molecular flexibility index (Phi) is 4.93. The van der Waals surface area contributed by atoms with Crippen molar-refractivity contribution < 1.29 is 14.3 Å². The number of carbonyl (C=O) groups excluding carboxylic acids is 1. The molecule has 0 N–H and O–H groups in total. The molecule has 1 unspecified atom stereocenters. The second-order valence-corrected chi connectivity index (χ2v) is 8.77. The van der Waals surface area contributed by atoms with Crippen molar-refractivity contribution in [3.8, 4) is 11.5 Å². The van der Waals surface area contributed by atoms with Gasteiger partial charge in [0.15, 0.2) is 11.5 Å². The number of benzene rings is 2. The molecular formula is C23H25NO3S. The number of likely N-dealkylation sites (tertiary alicyclic amines) is 1. The van der Waals surface area contributed by atoms with E-state index in [1.165, 1.54) is 35.3 Å².